The Morgan fingerprint density at radius 3 is 1.93 bits per heavy atom. The van der Waals surface area contributed by atoms with Gasteiger partial charge in [-0.1, -0.05) is 54.4 Å². The molecule has 0 aliphatic rings. The Morgan fingerprint density at radius 1 is 1.00 bits per heavy atom. The number of carbonyl (C=O) groups excluding carboxylic acids is 1. The van der Waals surface area contributed by atoms with E-state index in [9.17, 15) is 13.2 Å². The van der Waals surface area contributed by atoms with Crippen molar-refractivity contribution in [3.63, 3.8) is 0 Å². The van der Waals surface area contributed by atoms with Gasteiger partial charge >= 0.3 is 0 Å². The van der Waals surface area contributed by atoms with Crippen molar-refractivity contribution in [2.75, 3.05) is 10.6 Å². The van der Waals surface area contributed by atoms with Crippen LogP contribution in [0.1, 0.15) is 43.0 Å². The Balaban J connectivity index is 2.26. The maximum Gasteiger partial charge on any atom is 0.244 e. The van der Waals surface area contributed by atoms with Crippen LogP contribution in [0.15, 0.2) is 48.5 Å². The van der Waals surface area contributed by atoms with E-state index in [-0.39, 0.29) is 11.9 Å². The first-order valence-corrected chi connectivity index (χ1v) is 10.9. The van der Waals surface area contributed by atoms with Crippen molar-refractivity contribution < 1.29 is 13.2 Å². The molecule has 2 aromatic rings. The molecule has 0 fully saturated rings. The minimum absolute atomic E-state index is 0.167. The van der Waals surface area contributed by atoms with Crippen molar-refractivity contribution >= 4 is 21.6 Å². The largest absolute Gasteiger partial charge is 0.347 e. The van der Waals surface area contributed by atoms with Gasteiger partial charge in [0, 0.05) is 0 Å². The molecule has 0 saturated carbocycles. The molecule has 0 radical (unpaired) electrons. The lowest BCUT2D eigenvalue weighted by Crippen LogP contribution is -2.48. The Bertz CT molecular complexity index is 875. The fraction of sp³-hybridized carbons (Fsp3) is 0.381. The molecule has 0 aliphatic heterocycles. The highest BCUT2D eigenvalue weighted by Gasteiger charge is 2.30. The summed E-state index contributed by atoms with van der Waals surface area (Å²) >= 11 is 0. The average Bonchev–Trinajstić information content (AvgIpc) is 2.61. The number of rotatable bonds is 7. The van der Waals surface area contributed by atoms with Crippen molar-refractivity contribution in [2.45, 2.75) is 46.2 Å². The Kier molecular flexibility index (Phi) is 6.65. The van der Waals surface area contributed by atoms with E-state index in [0.717, 1.165) is 22.9 Å². The summed E-state index contributed by atoms with van der Waals surface area (Å²) in [6.07, 6.45) is 1.83. The smallest absolute Gasteiger partial charge is 0.244 e. The molecule has 1 amide bonds. The molecular weight excluding hydrogens is 360 g/mol. The van der Waals surface area contributed by atoms with Gasteiger partial charge in [-0.3, -0.25) is 9.10 Å². The first-order valence-electron chi connectivity index (χ1n) is 9.06. The molecule has 2 rings (SSSR count). The van der Waals surface area contributed by atoms with Gasteiger partial charge in [-0.2, -0.15) is 0 Å². The number of amides is 1. The lowest BCUT2D eigenvalue weighted by molar-refractivity contribution is -0.122. The second-order valence-corrected chi connectivity index (χ2v) is 8.81. The van der Waals surface area contributed by atoms with Crippen LogP contribution in [0, 0.1) is 13.8 Å². The van der Waals surface area contributed by atoms with Gasteiger partial charge in [0.05, 0.1) is 18.0 Å². The minimum Gasteiger partial charge on any atom is -0.347 e. The molecule has 0 bridgehead atoms. The van der Waals surface area contributed by atoms with Crippen molar-refractivity contribution in [3.05, 3.63) is 65.2 Å². The van der Waals surface area contributed by atoms with Crippen LogP contribution in [-0.2, 0) is 14.8 Å². The SMILES string of the molecule is CC[C@@H](NC(=O)[C@H](C)N(c1ccc(C)cc1)S(C)(=O)=O)c1ccc(C)cc1. The Hall–Kier alpha value is -2.34. The van der Waals surface area contributed by atoms with E-state index in [1.165, 1.54) is 4.31 Å². The van der Waals surface area contributed by atoms with Gasteiger partial charge in [0.15, 0.2) is 0 Å². The molecule has 0 heterocycles. The minimum atomic E-state index is -3.62. The quantitative estimate of drug-likeness (QED) is 0.786. The molecule has 0 aliphatic carbocycles. The molecule has 5 nitrogen and oxygen atoms in total. The molecule has 6 heteroatoms. The molecular formula is C21H28N2O3S. The van der Waals surface area contributed by atoms with Gasteiger partial charge in [-0.05, 0) is 44.9 Å². The highest BCUT2D eigenvalue weighted by Crippen LogP contribution is 2.23. The summed E-state index contributed by atoms with van der Waals surface area (Å²) in [4.78, 5) is 12.9. The standard InChI is InChI=1S/C21H28N2O3S/c1-6-20(18-11-7-15(2)8-12-18)22-21(24)17(4)23(27(5,25)26)19-13-9-16(3)10-14-19/h7-14,17,20H,6H2,1-5H3,(H,22,24)/t17-,20+/m0/s1. The molecule has 2 aromatic carbocycles. The van der Waals surface area contributed by atoms with Gasteiger partial charge in [-0.15, -0.1) is 0 Å². The molecule has 1 N–H and O–H groups in total. The van der Waals surface area contributed by atoms with Gasteiger partial charge in [-0.25, -0.2) is 8.42 Å². The summed E-state index contributed by atoms with van der Waals surface area (Å²) in [7, 11) is -3.62. The first kappa shape index (κ1) is 21.0. The number of anilines is 1. The van der Waals surface area contributed by atoms with Gasteiger partial charge < -0.3 is 5.32 Å². The summed E-state index contributed by atoms with van der Waals surface area (Å²) < 4.78 is 25.9. The lowest BCUT2D eigenvalue weighted by atomic mass is 10.0. The Labute approximate surface area is 162 Å². The second kappa shape index (κ2) is 8.57. The predicted molar refractivity (Wildman–Crippen MR) is 110 cm³/mol. The number of nitrogens with one attached hydrogen (secondary N) is 1. The molecule has 27 heavy (non-hydrogen) atoms. The summed E-state index contributed by atoms with van der Waals surface area (Å²) in [6, 6.07) is 14.1. The van der Waals surface area contributed by atoms with Crippen molar-refractivity contribution in [2.24, 2.45) is 0 Å². The molecule has 146 valence electrons. The van der Waals surface area contributed by atoms with Crippen molar-refractivity contribution in [3.8, 4) is 0 Å². The number of carbonyl (C=O) groups is 1. The Morgan fingerprint density at radius 2 is 1.48 bits per heavy atom. The van der Waals surface area contributed by atoms with E-state index in [2.05, 4.69) is 5.32 Å². The molecule has 0 saturated heterocycles. The van der Waals surface area contributed by atoms with Crippen LogP contribution in [0.3, 0.4) is 0 Å². The van der Waals surface area contributed by atoms with Crippen LogP contribution in [0.2, 0.25) is 0 Å². The second-order valence-electron chi connectivity index (χ2n) is 6.95. The number of nitrogens with zero attached hydrogens (tertiary/aromatic N) is 1. The third-order valence-corrected chi connectivity index (χ3v) is 5.82. The summed E-state index contributed by atoms with van der Waals surface area (Å²) in [5.74, 6) is -0.326. The first-order chi connectivity index (χ1) is 12.6. The normalized spacial score (nSPS) is 13.7. The highest BCUT2D eigenvalue weighted by atomic mass is 32.2. The van der Waals surface area contributed by atoms with Crippen LogP contribution in [-0.4, -0.2) is 26.6 Å². The van der Waals surface area contributed by atoms with Gasteiger partial charge in [0.1, 0.15) is 6.04 Å². The van der Waals surface area contributed by atoms with E-state index in [1.807, 2.05) is 57.2 Å². The van der Waals surface area contributed by atoms with E-state index >= 15 is 0 Å². The number of hydrogen-bond acceptors (Lipinski definition) is 3. The zero-order chi connectivity index (χ0) is 20.2. The number of sulfonamides is 1. The number of aryl methyl sites for hydroxylation is 2. The van der Waals surface area contributed by atoms with Crippen molar-refractivity contribution in [1.82, 2.24) is 5.32 Å². The highest BCUT2D eigenvalue weighted by molar-refractivity contribution is 7.92. The number of benzene rings is 2. The zero-order valence-electron chi connectivity index (χ0n) is 16.6. The van der Waals surface area contributed by atoms with Gasteiger partial charge in [0.25, 0.3) is 0 Å². The predicted octanol–water partition coefficient (Wildman–Crippen LogP) is 3.73. The molecule has 0 aromatic heterocycles. The fourth-order valence-electron chi connectivity index (χ4n) is 3.01. The van der Waals surface area contributed by atoms with E-state index in [0.29, 0.717) is 12.1 Å². The lowest BCUT2D eigenvalue weighted by Gasteiger charge is -2.30. The van der Waals surface area contributed by atoms with E-state index in [1.54, 1.807) is 19.1 Å². The van der Waals surface area contributed by atoms with Crippen LogP contribution in [0.25, 0.3) is 0 Å². The summed E-state index contributed by atoms with van der Waals surface area (Å²) in [5.41, 5.74) is 3.66. The van der Waals surface area contributed by atoms with Crippen LogP contribution in [0.5, 0.6) is 0 Å². The molecule has 2 atom stereocenters. The monoisotopic (exact) mass is 388 g/mol. The summed E-state index contributed by atoms with van der Waals surface area (Å²) in [6.45, 7) is 7.54. The third kappa shape index (κ3) is 5.32. The van der Waals surface area contributed by atoms with Crippen LogP contribution < -0.4 is 9.62 Å². The van der Waals surface area contributed by atoms with Crippen LogP contribution in [0.4, 0.5) is 5.69 Å². The van der Waals surface area contributed by atoms with Crippen LogP contribution >= 0.6 is 0 Å². The fourth-order valence-corrected chi connectivity index (χ4v) is 4.19. The van der Waals surface area contributed by atoms with Gasteiger partial charge in [0.2, 0.25) is 15.9 Å². The average molecular weight is 389 g/mol. The zero-order valence-corrected chi connectivity index (χ0v) is 17.4. The number of hydrogen-bond donors (Lipinski definition) is 1. The van der Waals surface area contributed by atoms with Crippen molar-refractivity contribution in [1.29, 1.82) is 0 Å². The molecule has 0 spiro atoms. The van der Waals surface area contributed by atoms with E-state index < -0.39 is 16.1 Å². The maximum atomic E-state index is 12.9. The summed E-state index contributed by atoms with van der Waals surface area (Å²) in [5, 5.41) is 2.99. The maximum absolute atomic E-state index is 12.9. The van der Waals surface area contributed by atoms with E-state index in [4.69, 9.17) is 0 Å². The topological polar surface area (TPSA) is 66.5 Å². The third-order valence-electron chi connectivity index (χ3n) is 4.58. The molecule has 0 unspecified atom stereocenters.